The highest BCUT2D eigenvalue weighted by atomic mass is 19.1. The van der Waals surface area contributed by atoms with Crippen LogP contribution in [0.4, 0.5) is 14.5 Å². The van der Waals surface area contributed by atoms with Crippen LogP contribution in [0, 0.1) is 11.6 Å². The fourth-order valence-electron chi connectivity index (χ4n) is 2.18. The zero-order valence-corrected chi connectivity index (χ0v) is 12.6. The topological polar surface area (TPSA) is 55.1 Å². The van der Waals surface area contributed by atoms with Crippen LogP contribution in [0.15, 0.2) is 12.1 Å². The summed E-state index contributed by atoms with van der Waals surface area (Å²) in [6.45, 7) is 2.77. The summed E-state index contributed by atoms with van der Waals surface area (Å²) in [6, 6.07) is 1.82. The van der Waals surface area contributed by atoms with Crippen molar-refractivity contribution in [1.82, 2.24) is 0 Å². The van der Waals surface area contributed by atoms with Gasteiger partial charge in [-0.25, -0.2) is 8.78 Å². The molecule has 0 radical (unpaired) electrons. The molecule has 0 aliphatic heterocycles. The molecule has 118 valence electrons. The Morgan fingerprint density at radius 3 is 2.29 bits per heavy atom. The van der Waals surface area contributed by atoms with Crippen LogP contribution >= 0.6 is 0 Å². The number of amides is 1. The number of carbonyl (C=O) groups is 1. The van der Waals surface area contributed by atoms with E-state index in [1.54, 1.807) is 0 Å². The van der Waals surface area contributed by atoms with Crippen molar-refractivity contribution >= 4 is 11.6 Å². The second-order valence-corrected chi connectivity index (χ2v) is 5.22. The minimum absolute atomic E-state index is 0.121. The molecule has 1 rings (SSSR count). The second-order valence-electron chi connectivity index (χ2n) is 5.22. The number of nitrogens with two attached hydrogens (primary N) is 1. The predicted octanol–water partition coefficient (Wildman–Crippen LogP) is 4.23. The molecule has 0 atom stereocenters. The first kappa shape index (κ1) is 17.4. The molecule has 1 amide bonds. The van der Waals surface area contributed by atoms with Gasteiger partial charge in [0.1, 0.15) is 11.6 Å². The molecule has 0 aromatic heterocycles. The minimum atomic E-state index is -0.929. The number of unbranched alkanes of at least 4 members (excludes halogenated alkanes) is 6. The van der Waals surface area contributed by atoms with Crippen molar-refractivity contribution in [3.8, 4) is 0 Å². The first-order valence-electron chi connectivity index (χ1n) is 7.59. The van der Waals surface area contributed by atoms with Gasteiger partial charge in [0.2, 0.25) is 0 Å². The number of anilines is 1. The summed E-state index contributed by atoms with van der Waals surface area (Å²) in [7, 11) is 0. The molecular formula is C16H24F2N2O. The lowest BCUT2D eigenvalue weighted by Gasteiger charge is -2.09. The Morgan fingerprint density at radius 1 is 1.05 bits per heavy atom. The van der Waals surface area contributed by atoms with Crippen LogP contribution in [0.5, 0.6) is 0 Å². The zero-order valence-electron chi connectivity index (χ0n) is 12.6. The standard InChI is InChI=1S/C16H24F2N2O/c1-2-3-4-5-6-7-8-9-20-15-10-12(16(19)21)13(17)11-14(15)18/h10-11,20H,2-9H2,1H3,(H2,19,21). The molecule has 3 nitrogen and oxygen atoms in total. The molecule has 5 heteroatoms. The van der Waals surface area contributed by atoms with E-state index in [2.05, 4.69) is 12.2 Å². The molecule has 0 unspecified atom stereocenters. The van der Waals surface area contributed by atoms with Gasteiger partial charge in [-0.2, -0.15) is 0 Å². The molecule has 0 bridgehead atoms. The number of benzene rings is 1. The van der Waals surface area contributed by atoms with Crippen LogP contribution in [0.3, 0.4) is 0 Å². The number of rotatable bonds is 10. The van der Waals surface area contributed by atoms with Crippen LogP contribution in [0.1, 0.15) is 62.2 Å². The molecule has 0 fully saturated rings. The maximum atomic E-state index is 13.6. The van der Waals surface area contributed by atoms with Gasteiger partial charge in [0.25, 0.3) is 5.91 Å². The Labute approximate surface area is 124 Å². The van der Waals surface area contributed by atoms with Crippen molar-refractivity contribution in [2.24, 2.45) is 5.73 Å². The van der Waals surface area contributed by atoms with E-state index in [9.17, 15) is 13.6 Å². The fraction of sp³-hybridized carbons (Fsp3) is 0.562. The lowest BCUT2D eigenvalue weighted by Crippen LogP contribution is -2.14. The summed E-state index contributed by atoms with van der Waals surface area (Å²) < 4.78 is 26.9. The Morgan fingerprint density at radius 2 is 1.67 bits per heavy atom. The third-order valence-electron chi connectivity index (χ3n) is 3.42. The zero-order chi connectivity index (χ0) is 15.7. The summed E-state index contributed by atoms with van der Waals surface area (Å²) in [5.41, 5.74) is 4.87. The minimum Gasteiger partial charge on any atom is -0.383 e. The van der Waals surface area contributed by atoms with E-state index in [0.717, 1.165) is 18.9 Å². The molecule has 21 heavy (non-hydrogen) atoms. The first-order chi connectivity index (χ1) is 10.1. The van der Waals surface area contributed by atoms with E-state index in [-0.39, 0.29) is 11.3 Å². The van der Waals surface area contributed by atoms with E-state index in [4.69, 9.17) is 5.73 Å². The van der Waals surface area contributed by atoms with Gasteiger partial charge in [-0.05, 0) is 12.5 Å². The average molecular weight is 298 g/mol. The van der Waals surface area contributed by atoms with Crippen molar-refractivity contribution < 1.29 is 13.6 Å². The summed E-state index contributed by atoms with van der Waals surface area (Å²) in [6.07, 6.45) is 8.14. The number of halogens is 2. The van der Waals surface area contributed by atoms with Gasteiger partial charge < -0.3 is 11.1 Å². The number of carbonyl (C=O) groups excluding carboxylic acids is 1. The van der Waals surface area contributed by atoms with Gasteiger partial charge in [0.05, 0.1) is 11.3 Å². The monoisotopic (exact) mass is 298 g/mol. The highest BCUT2D eigenvalue weighted by Gasteiger charge is 2.13. The maximum absolute atomic E-state index is 13.6. The highest BCUT2D eigenvalue weighted by molar-refractivity contribution is 5.94. The molecule has 1 aromatic rings. The van der Waals surface area contributed by atoms with Gasteiger partial charge in [-0.15, -0.1) is 0 Å². The van der Waals surface area contributed by atoms with Crippen LogP contribution < -0.4 is 11.1 Å². The molecule has 0 aliphatic carbocycles. The van der Waals surface area contributed by atoms with E-state index in [0.29, 0.717) is 12.6 Å². The van der Waals surface area contributed by atoms with Crippen molar-refractivity contribution in [1.29, 1.82) is 0 Å². The van der Waals surface area contributed by atoms with Crippen LogP contribution in [0.25, 0.3) is 0 Å². The SMILES string of the molecule is CCCCCCCCCNc1cc(C(N)=O)c(F)cc1F. The van der Waals surface area contributed by atoms with Crippen LogP contribution in [0.2, 0.25) is 0 Å². The average Bonchev–Trinajstić information content (AvgIpc) is 2.43. The Kier molecular flexibility index (Phi) is 7.72. The van der Waals surface area contributed by atoms with Crippen molar-refractivity contribution in [2.45, 2.75) is 51.9 Å². The smallest absolute Gasteiger partial charge is 0.251 e. The van der Waals surface area contributed by atoms with E-state index in [1.165, 1.54) is 32.1 Å². The van der Waals surface area contributed by atoms with Gasteiger partial charge in [0.15, 0.2) is 0 Å². The summed E-state index contributed by atoms with van der Waals surface area (Å²) in [5, 5.41) is 2.89. The van der Waals surface area contributed by atoms with Crippen molar-refractivity contribution in [3.05, 3.63) is 29.3 Å². The largest absolute Gasteiger partial charge is 0.383 e. The normalized spacial score (nSPS) is 10.6. The van der Waals surface area contributed by atoms with Crippen molar-refractivity contribution in [2.75, 3.05) is 11.9 Å². The summed E-state index contributed by atoms with van der Waals surface area (Å²) >= 11 is 0. The van der Waals surface area contributed by atoms with E-state index < -0.39 is 17.5 Å². The van der Waals surface area contributed by atoms with Gasteiger partial charge in [-0.3, -0.25) is 4.79 Å². The molecule has 0 saturated carbocycles. The van der Waals surface area contributed by atoms with Crippen molar-refractivity contribution in [3.63, 3.8) is 0 Å². The Bertz CT molecular complexity index is 464. The Balaban J connectivity index is 2.35. The second kappa shape index (κ2) is 9.32. The quantitative estimate of drug-likeness (QED) is 0.635. The molecular weight excluding hydrogens is 274 g/mol. The first-order valence-corrected chi connectivity index (χ1v) is 7.59. The maximum Gasteiger partial charge on any atom is 0.251 e. The summed E-state index contributed by atoms with van der Waals surface area (Å²) in [4.78, 5) is 11.0. The number of hydrogen-bond acceptors (Lipinski definition) is 2. The molecule has 0 heterocycles. The molecule has 0 saturated heterocycles. The molecule has 0 spiro atoms. The van der Waals surface area contributed by atoms with Crippen LogP contribution in [-0.2, 0) is 0 Å². The van der Waals surface area contributed by atoms with Gasteiger partial charge >= 0.3 is 0 Å². The third kappa shape index (κ3) is 6.10. The Hall–Kier alpha value is -1.65. The lowest BCUT2D eigenvalue weighted by atomic mass is 10.1. The summed E-state index contributed by atoms with van der Waals surface area (Å²) in [5.74, 6) is -2.53. The van der Waals surface area contributed by atoms with E-state index in [1.807, 2.05) is 0 Å². The highest BCUT2D eigenvalue weighted by Crippen LogP contribution is 2.19. The number of primary amides is 1. The molecule has 1 aromatic carbocycles. The van der Waals surface area contributed by atoms with Crippen LogP contribution in [-0.4, -0.2) is 12.5 Å². The molecule has 3 N–H and O–H groups in total. The molecule has 0 aliphatic rings. The van der Waals surface area contributed by atoms with Gasteiger partial charge in [-0.1, -0.05) is 45.4 Å². The lowest BCUT2D eigenvalue weighted by molar-refractivity contribution is 0.0996. The van der Waals surface area contributed by atoms with Gasteiger partial charge in [0, 0.05) is 12.6 Å². The number of nitrogens with one attached hydrogen (secondary N) is 1. The number of hydrogen-bond donors (Lipinski definition) is 2. The fourth-order valence-corrected chi connectivity index (χ4v) is 2.18. The third-order valence-corrected chi connectivity index (χ3v) is 3.42. The van der Waals surface area contributed by atoms with E-state index >= 15 is 0 Å². The predicted molar refractivity (Wildman–Crippen MR) is 81.4 cm³/mol.